The van der Waals surface area contributed by atoms with Crippen molar-refractivity contribution in [3.63, 3.8) is 0 Å². The zero-order valence-corrected chi connectivity index (χ0v) is 32.2. The van der Waals surface area contributed by atoms with Gasteiger partial charge in [0.15, 0.2) is 17.5 Å². The number of amides is 1. The van der Waals surface area contributed by atoms with Gasteiger partial charge in [-0.25, -0.2) is 14.4 Å². The van der Waals surface area contributed by atoms with Crippen molar-refractivity contribution in [2.75, 3.05) is 6.61 Å². The molecule has 12 atom stereocenters. The van der Waals surface area contributed by atoms with E-state index in [2.05, 4.69) is 14.6 Å². The lowest BCUT2D eigenvalue weighted by atomic mass is 9.44. The third-order valence-electron chi connectivity index (χ3n) is 11.4. The molecule has 16 heteroatoms. The van der Waals surface area contributed by atoms with E-state index in [4.69, 9.17) is 23.7 Å². The van der Waals surface area contributed by atoms with E-state index in [1.807, 2.05) is 0 Å². The maximum atomic E-state index is 14.8. The first-order valence-corrected chi connectivity index (χ1v) is 18.1. The van der Waals surface area contributed by atoms with Gasteiger partial charge in [-0.2, -0.15) is 0 Å². The van der Waals surface area contributed by atoms with Gasteiger partial charge in [-0.05, 0) is 57.9 Å². The maximum Gasteiger partial charge on any atom is 0.408 e. The average Bonchev–Trinajstić information content (AvgIpc) is 3.05. The predicted molar refractivity (Wildman–Crippen MR) is 188 cm³/mol. The Kier molecular flexibility index (Phi) is 10.8. The Morgan fingerprint density at radius 2 is 1.68 bits per heavy atom. The molecule has 1 saturated heterocycles. The molecule has 4 aliphatic rings. The minimum absolute atomic E-state index is 0.0565. The second-order valence-electron chi connectivity index (χ2n) is 16.2. The zero-order valence-electron chi connectivity index (χ0n) is 31.1. The van der Waals surface area contributed by atoms with E-state index in [0.717, 1.165) is 6.92 Å². The largest absolute Gasteiger partial charge is 0.456 e. The Bertz CT molecular complexity index is 1690. The Hall–Kier alpha value is -3.46. The highest BCUT2D eigenvalue weighted by Crippen LogP contribution is 2.64. The summed E-state index contributed by atoms with van der Waals surface area (Å²) in [7, 11) is 2.11. The first kappa shape index (κ1) is 40.7. The summed E-state index contributed by atoms with van der Waals surface area (Å²) >= 11 is 0. The number of ketones is 1. The molecule has 3 fully saturated rings. The van der Waals surface area contributed by atoms with Crippen LogP contribution in [-0.2, 0) is 38.1 Å². The van der Waals surface area contributed by atoms with Crippen LogP contribution in [-0.4, -0.2) is 116 Å². The molecular weight excluding hydrogens is 713 g/mol. The standard InChI is InChI=1S/C37H50NO14P/c1-17-20(49-31(45)25(42)29(53)38-32(46)52-33(3,4)5)15-37(47)28(50-30(44)19-12-10-9-11-13-19)26-35(8,27(43)24(41)23(17)34(37,6)7)21(40)14-22-36(26,16-48-22)51-18(2)39/h9-13,20-22,24-26,28-29,40-42,47H,14-16,53H2,1-8H3,(H,38,46)/t20-,21-,22+,24+,25+,26?,28-,29-,35+,36-,37+/m0/s1. The van der Waals surface area contributed by atoms with Gasteiger partial charge in [-0.15, -0.1) is 9.24 Å². The van der Waals surface area contributed by atoms with Crippen molar-refractivity contribution in [3.8, 4) is 0 Å². The van der Waals surface area contributed by atoms with Crippen molar-refractivity contribution in [2.45, 2.75) is 127 Å². The lowest BCUT2D eigenvalue weighted by Crippen LogP contribution is -2.81. The number of fused-ring (bicyclic) bond motifs is 5. The van der Waals surface area contributed by atoms with Crippen LogP contribution < -0.4 is 5.32 Å². The monoisotopic (exact) mass is 763 g/mol. The molecule has 2 bridgehead atoms. The van der Waals surface area contributed by atoms with Crippen LogP contribution in [0.25, 0.3) is 0 Å². The first-order valence-electron chi connectivity index (χ1n) is 17.5. The summed E-state index contributed by atoms with van der Waals surface area (Å²) in [5, 5.41) is 50.3. The number of aliphatic hydroxyl groups excluding tert-OH is 3. The summed E-state index contributed by atoms with van der Waals surface area (Å²) in [6.45, 7) is 11.7. The lowest BCUT2D eigenvalue weighted by molar-refractivity contribution is -0.346. The van der Waals surface area contributed by atoms with Crippen molar-refractivity contribution < 1.29 is 68.1 Å². The zero-order chi connectivity index (χ0) is 39.6. The van der Waals surface area contributed by atoms with Crippen LogP contribution in [0, 0.1) is 16.7 Å². The predicted octanol–water partition coefficient (Wildman–Crippen LogP) is 1.72. The number of Topliss-reactive ketones (excluding diaryl/α,β-unsaturated/α-hetero) is 1. The molecule has 0 radical (unpaired) electrons. The molecule has 3 aliphatic carbocycles. The molecule has 5 N–H and O–H groups in total. The van der Waals surface area contributed by atoms with E-state index in [9.17, 15) is 44.4 Å². The summed E-state index contributed by atoms with van der Waals surface area (Å²) in [6, 6.07) is 7.84. The topological polar surface area (TPSA) is 224 Å². The quantitative estimate of drug-likeness (QED) is 0.116. The van der Waals surface area contributed by atoms with Crippen LogP contribution in [0.1, 0.15) is 78.6 Å². The molecule has 1 aliphatic heterocycles. The summed E-state index contributed by atoms with van der Waals surface area (Å²) in [6.07, 6.45) is -11.3. The molecule has 1 amide bonds. The third kappa shape index (κ3) is 6.78. The fraction of sp³-hybridized carbons (Fsp3) is 0.649. The summed E-state index contributed by atoms with van der Waals surface area (Å²) in [5.74, 6) is -6.60. The number of carbonyl (C=O) groups is 5. The normalized spacial score (nSPS) is 35.8. The van der Waals surface area contributed by atoms with Crippen LogP contribution in [0.2, 0.25) is 0 Å². The highest BCUT2D eigenvalue weighted by Gasteiger charge is 2.78. The van der Waals surface area contributed by atoms with Gasteiger partial charge in [-0.3, -0.25) is 9.59 Å². The van der Waals surface area contributed by atoms with Crippen molar-refractivity contribution >= 4 is 39.0 Å². The van der Waals surface area contributed by atoms with Crippen LogP contribution in [0.15, 0.2) is 41.5 Å². The molecule has 15 nitrogen and oxygen atoms in total. The minimum Gasteiger partial charge on any atom is -0.456 e. The fourth-order valence-corrected chi connectivity index (χ4v) is 8.95. The highest BCUT2D eigenvalue weighted by molar-refractivity contribution is 7.17. The maximum absolute atomic E-state index is 14.8. The van der Waals surface area contributed by atoms with Gasteiger partial charge in [0.2, 0.25) is 0 Å². The number of rotatable bonds is 7. The molecule has 53 heavy (non-hydrogen) atoms. The molecule has 1 aromatic carbocycles. The SMILES string of the molecule is CC(=O)O[C@@]12CO[C@@H]1C[C@H](O)[C@@]1(C)C(=O)[C@H](O)C3=C(C)[C@@H](OC(=O)[C@H](O)[C@H](P)NC(=O)OC(C)(C)C)C[C@@](O)([C@@H](OC(=O)c4ccccc4)C12)C3(C)C. The van der Waals surface area contributed by atoms with E-state index >= 15 is 0 Å². The smallest absolute Gasteiger partial charge is 0.408 e. The van der Waals surface area contributed by atoms with Crippen molar-refractivity contribution in [2.24, 2.45) is 16.7 Å². The number of hydrogen-bond donors (Lipinski definition) is 5. The van der Waals surface area contributed by atoms with Crippen LogP contribution in [0.4, 0.5) is 4.79 Å². The minimum atomic E-state index is -2.32. The van der Waals surface area contributed by atoms with Gasteiger partial charge in [-0.1, -0.05) is 32.0 Å². The third-order valence-corrected chi connectivity index (χ3v) is 12.0. The van der Waals surface area contributed by atoms with E-state index in [1.54, 1.807) is 39.0 Å². The Morgan fingerprint density at radius 3 is 2.23 bits per heavy atom. The van der Waals surface area contributed by atoms with Gasteiger partial charge >= 0.3 is 24.0 Å². The number of carbonyl (C=O) groups excluding carboxylic acids is 5. The van der Waals surface area contributed by atoms with Crippen molar-refractivity contribution in [3.05, 3.63) is 47.0 Å². The van der Waals surface area contributed by atoms with E-state index in [-0.39, 0.29) is 29.7 Å². The summed E-state index contributed by atoms with van der Waals surface area (Å²) < 4.78 is 29.0. The Labute approximate surface area is 309 Å². The molecule has 2 saturated carbocycles. The van der Waals surface area contributed by atoms with E-state index in [0.29, 0.717) is 0 Å². The van der Waals surface area contributed by atoms with Gasteiger partial charge in [0.05, 0.1) is 35.4 Å². The Morgan fingerprint density at radius 1 is 1.06 bits per heavy atom. The van der Waals surface area contributed by atoms with Gasteiger partial charge in [0.1, 0.15) is 35.6 Å². The van der Waals surface area contributed by atoms with Crippen LogP contribution in [0.3, 0.4) is 0 Å². The number of alkyl carbamates (subject to hydrolysis) is 1. The molecule has 1 aromatic rings. The van der Waals surface area contributed by atoms with Gasteiger partial charge < -0.3 is 49.4 Å². The molecule has 0 spiro atoms. The average molecular weight is 764 g/mol. The highest BCUT2D eigenvalue weighted by atomic mass is 31.0. The number of hydrogen-bond acceptors (Lipinski definition) is 14. The first-order chi connectivity index (χ1) is 24.4. The van der Waals surface area contributed by atoms with Crippen LogP contribution >= 0.6 is 9.24 Å². The number of benzene rings is 1. The second-order valence-corrected chi connectivity index (χ2v) is 16.9. The molecule has 292 valence electrons. The van der Waals surface area contributed by atoms with E-state index < -0.39 is 112 Å². The molecule has 2 unspecified atom stereocenters. The molecule has 0 aromatic heterocycles. The molecule has 1 heterocycles. The molecular formula is C37H50NO14P. The number of nitrogens with one attached hydrogen (secondary N) is 1. The van der Waals surface area contributed by atoms with Crippen molar-refractivity contribution in [1.82, 2.24) is 5.32 Å². The van der Waals surface area contributed by atoms with Crippen molar-refractivity contribution in [1.29, 1.82) is 0 Å². The summed E-state index contributed by atoms with van der Waals surface area (Å²) in [4.78, 5) is 67.3. The van der Waals surface area contributed by atoms with Gasteiger partial charge in [0, 0.05) is 25.2 Å². The fourth-order valence-electron chi connectivity index (χ4n) is 8.65. The Balaban J connectivity index is 1.65. The summed E-state index contributed by atoms with van der Waals surface area (Å²) in [5.41, 5.74) is -8.31. The van der Waals surface area contributed by atoms with Gasteiger partial charge in [0.25, 0.3) is 0 Å². The second kappa shape index (κ2) is 14.0. The number of aliphatic hydroxyl groups is 4. The van der Waals surface area contributed by atoms with Crippen LogP contribution in [0.5, 0.6) is 0 Å². The number of esters is 3. The number of ether oxygens (including phenoxy) is 5. The van der Waals surface area contributed by atoms with E-state index in [1.165, 1.54) is 39.8 Å². The lowest BCUT2D eigenvalue weighted by Gasteiger charge is -2.67. The molecule has 5 rings (SSSR count).